The van der Waals surface area contributed by atoms with E-state index in [-0.39, 0.29) is 16.7 Å². The summed E-state index contributed by atoms with van der Waals surface area (Å²) >= 11 is 11.8. The van der Waals surface area contributed by atoms with Crippen LogP contribution in [0.15, 0.2) is 41.3 Å². The summed E-state index contributed by atoms with van der Waals surface area (Å²) in [5.74, 6) is -2.99. The van der Waals surface area contributed by atoms with Gasteiger partial charge in [0.25, 0.3) is 10.0 Å². The minimum Gasteiger partial charge on any atom is -0.465 e. The second kappa shape index (κ2) is 8.20. The molecule has 0 aliphatic heterocycles. The Balaban J connectivity index is 2.62. The molecule has 10 heteroatoms. The second-order valence-corrected chi connectivity index (χ2v) is 7.66. The molecule has 0 radical (unpaired) electrons. The molecule has 140 valence electrons. The van der Waals surface area contributed by atoms with Crippen molar-refractivity contribution in [2.75, 3.05) is 17.5 Å². The van der Waals surface area contributed by atoms with Crippen LogP contribution in [0, 0.1) is 11.6 Å². The summed E-state index contributed by atoms with van der Waals surface area (Å²) in [7, 11) is -4.50. The van der Waals surface area contributed by atoms with E-state index < -0.39 is 44.8 Å². The fourth-order valence-electron chi connectivity index (χ4n) is 2.10. The van der Waals surface area contributed by atoms with E-state index in [1.807, 2.05) is 0 Å². The number of sulfonamides is 1. The van der Waals surface area contributed by atoms with Gasteiger partial charge >= 0.3 is 5.97 Å². The highest BCUT2D eigenvalue weighted by molar-refractivity contribution is 7.93. The van der Waals surface area contributed by atoms with Gasteiger partial charge in [0.15, 0.2) is 0 Å². The molecule has 2 rings (SSSR count). The molecule has 2 aromatic rings. The Morgan fingerprint density at radius 3 is 2.46 bits per heavy atom. The number of rotatable bonds is 6. The standard InChI is InChI=1S/C16H13Cl2F2NO4S/c1-2-25-16(22)9-21(14-6-4-11(19)8-13(14)20)26(23,24)15-7-10(17)3-5-12(15)18/h3-8H,2,9H2,1H3. The molecular formula is C16H13Cl2F2NO4S. The molecule has 2 aromatic carbocycles. The number of nitrogens with zero attached hydrogens (tertiary/aromatic N) is 1. The number of benzene rings is 2. The van der Waals surface area contributed by atoms with Crippen LogP contribution in [-0.4, -0.2) is 27.5 Å². The van der Waals surface area contributed by atoms with Crippen molar-refractivity contribution in [1.82, 2.24) is 0 Å². The van der Waals surface area contributed by atoms with Gasteiger partial charge < -0.3 is 4.74 Å². The third-order valence-corrected chi connectivity index (χ3v) is 5.69. The average molecular weight is 424 g/mol. The first kappa shape index (κ1) is 20.4. The number of carbonyl (C=O) groups is 1. The quantitative estimate of drug-likeness (QED) is 0.657. The Bertz CT molecular complexity index is 938. The third kappa shape index (κ3) is 4.44. The van der Waals surface area contributed by atoms with E-state index in [0.29, 0.717) is 10.4 Å². The molecule has 0 atom stereocenters. The molecule has 0 N–H and O–H groups in total. The van der Waals surface area contributed by atoms with Gasteiger partial charge in [-0.15, -0.1) is 0 Å². The maximum Gasteiger partial charge on any atom is 0.326 e. The Morgan fingerprint density at radius 1 is 1.15 bits per heavy atom. The number of hydrogen-bond donors (Lipinski definition) is 0. The molecule has 5 nitrogen and oxygen atoms in total. The molecule has 0 unspecified atom stereocenters. The van der Waals surface area contributed by atoms with Crippen molar-refractivity contribution in [3.05, 3.63) is 58.1 Å². The maximum absolute atomic E-state index is 14.2. The van der Waals surface area contributed by atoms with Crippen LogP contribution in [0.25, 0.3) is 0 Å². The predicted octanol–water partition coefficient (Wildman–Crippen LogP) is 4.03. The SMILES string of the molecule is CCOC(=O)CN(c1ccc(F)cc1F)S(=O)(=O)c1cc(Cl)ccc1Cl. The molecule has 0 saturated carbocycles. The zero-order valence-electron chi connectivity index (χ0n) is 13.4. The van der Waals surface area contributed by atoms with Crippen LogP contribution in [0.3, 0.4) is 0 Å². The zero-order chi connectivity index (χ0) is 19.5. The minimum absolute atomic E-state index is 0.00343. The normalized spacial score (nSPS) is 11.3. The lowest BCUT2D eigenvalue weighted by Crippen LogP contribution is -2.37. The highest BCUT2D eigenvalue weighted by Gasteiger charge is 2.31. The minimum atomic E-state index is -4.50. The van der Waals surface area contributed by atoms with Gasteiger partial charge in [0, 0.05) is 11.1 Å². The van der Waals surface area contributed by atoms with Crippen molar-refractivity contribution in [2.45, 2.75) is 11.8 Å². The smallest absolute Gasteiger partial charge is 0.326 e. The van der Waals surface area contributed by atoms with Gasteiger partial charge in [-0.25, -0.2) is 17.2 Å². The molecule has 0 aliphatic rings. The molecular weight excluding hydrogens is 411 g/mol. The second-order valence-electron chi connectivity index (χ2n) is 4.99. The lowest BCUT2D eigenvalue weighted by molar-refractivity contribution is -0.141. The first-order chi connectivity index (χ1) is 12.2. The molecule has 0 fully saturated rings. The maximum atomic E-state index is 14.2. The highest BCUT2D eigenvalue weighted by atomic mass is 35.5. The summed E-state index contributed by atoms with van der Waals surface area (Å²) in [5, 5.41) is -0.102. The lowest BCUT2D eigenvalue weighted by Gasteiger charge is -2.24. The average Bonchev–Trinajstić information content (AvgIpc) is 2.55. The topological polar surface area (TPSA) is 63.7 Å². The van der Waals surface area contributed by atoms with Crippen LogP contribution in [-0.2, 0) is 19.6 Å². The number of ether oxygens (including phenoxy) is 1. The molecule has 0 saturated heterocycles. The van der Waals surface area contributed by atoms with Crippen molar-refractivity contribution >= 4 is 44.9 Å². The van der Waals surface area contributed by atoms with E-state index in [1.165, 1.54) is 19.1 Å². The van der Waals surface area contributed by atoms with Gasteiger partial charge in [-0.3, -0.25) is 9.10 Å². The van der Waals surface area contributed by atoms with E-state index in [9.17, 15) is 22.0 Å². The number of esters is 1. The number of anilines is 1. The van der Waals surface area contributed by atoms with Crippen LogP contribution in [0.1, 0.15) is 6.92 Å². The fourth-order valence-corrected chi connectivity index (χ4v) is 4.26. The van der Waals surface area contributed by atoms with Gasteiger partial charge in [0.1, 0.15) is 23.1 Å². The fraction of sp³-hybridized carbons (Fsp3) is 0.188. The Kier molecular flexibility index (Phi) is 6.44. The Labute approximate surface area is 159 Å². The molecule has 0 bridgehead atoms. The first-order valence-corrected chi connectivity index (χ1v) is 9.45. The van der Waals surface area contributed by atoms with E-state index >= 15 is 0 Å². The molecule has 0 aliphatic carbocycles. The van der Waals surface area contributed by atoms with E-state index in [0.717, 1.165) is 18.2 Å². The van der Waals surface area contributed by atoms with E-state index in [4.69, 9.17) is 27.9 Å². The third-order valence-electron chi connectivity index (χ3n) is 3.22. The van der Waals surface area contributed by atoms with Gasteiger partial charge in [0.05, 0.1) is 17.3 Å². The Morgan fingerprint density at radius 2 is 1.85 bits per heavy atom. The van der Waals surface area contributed by atoms with Gasteiger partial charge in [-0.2, -0.15) is 0 Å². The molecule has 26 heavy (non-hydrogen) atoms. The van der Waals surface area contributed by atoms with Gasteiger partial charge in [0.2, 0.25) is 0 Å². The van der Waals surface area contributed by atoms with Crippen LogP contribution in [0.4, 0.5) is 14.5 Å². The van der Waals surface area contributed by atoms with Crippen LogP contribution < -0.4 is 4.31 Å². The van der Waals surface area contributed by atoms with E-state index in [2.05, 4.69) is 0 Å². The summed E-state index contributed by atoms with van der Waals surface area (Å²) in [6.07, 6.45) is 0. The van der Waals surface area contributed by atoms with Gasteiger partial charge in [-0.1, -0.05) is 23.2 Å². The predicted molar refractivity (Wildman–Crippen MR) is 94.0 cm³/mol. The van der Waals surface area contributed by atoms with E-state index in [1.54, 1.807) is 0 Å². The van der Waals surface area contributed by atoms with Crippen LogP contribution in [0.5, 0.6) is 0 Å². The number of hydrogen-bond acceptors (Lipinski definition) is 4. The summed E-state index contributed by atoms with van der Waals surface area (Å²) in [6, 6.07) is 5.96. The zero-order valence-corrected chi connectivity index (χ0v) is 15.7. The summed E-state index contributed by atoms with van der Waals surface area (Å²) in [6.45, 7) is 0.696. The van der Waals surface area contributed by atoms with Gasteiger partial charge in [-0.05, 0) is 37.3 Å². The first-order valence-electron chi connectivity index (χ1n) is 7.25. The molecule has 0 aromatic heterocycles. The monoisotopic (exact) mass is 423 g/mol. The van der Waals surface area contributed by atoms with Crippen molar-refractivity contribution in [2.24, 2.45) is 0 Å². The Hall–Kier alpha value is -1.90. The summed E-state index contributed by atoms with van der Waals surface area (Å²) in [4.78, 5) is 11.4. The van der Waals surface area contributed by atoms with Crippen LogP contribution >= 0.6 is 23.2 Å². The molecule has 0 spiro atoms. The molecule has 0 amide bonds. The van der Waals surface area contributed by atoms with Crippen LogP contribution in [0.2, 0.25) is 10.0 Å². The van der Waals surface area contributed by atoms with Crippen molar-refractivity contribution in [3.63, 3.8) is 0 Å². The number of carbonyl (C=O) groups excluding carboxylic acids is 1. The molecule has 0 heterocycles. The largest absolute Gasteiger partial charge is 0.465 e. The lowest BCUT2D eigenvalue weighted by atomic mass is 10.3. The van der Waals surface area contributed by atoms with Crippen molar-refractivity contribution in [1.29, 1.82) is 0 Å². The number of halogens is 4. The van der Waals surface area contributed by atoms with Crippen molar-refractivity contribution < 1.29 is 26.7 Å². The van der Waals surface area contributed by atoms with Crippen molar-refractivity contribution in [3.8, 4) is 0 Å². The summed E-state index contributed by atoms with van der Waals surface area (Å²) in [5.41, 5.74) is -0.532. The highest BCUT2D eigenvalue weighted by Crippen LogP contribution is 2.32. The summed E-state index contributed by atoms with van der Waals surface area (Å²) < 4.78 is 58.6.